The Kier molecular flexibility index (Phi) is 5.59. The van der Waals surface area contributed by atoms with E-state index in [1.54, 1.807) is 20.8 Å². The zero-order valence-electron chi connectivity index (χ0n) is 15.6. The third-order valence-corrected chi connectivity index (χ3v) is 6.20. The van der Waals surface area contributed by atoms with Gasteiger partial charge in [0, 0.05) is 16.7 Å². The summed E-state index contributed by atoms with van der Waals surface area (Å²) in [6, 6.07) is 15.3. The van der Waals surface area contributed by atoms with Crippen LogP contribution in [0.3, 0.4) is 0 Å². The van der Waals surface area contributed by atoms with E-state index in [0.29, 0.717) is 15.7 Å². The Morgan fingerprint density at radius 2 is 1.61 bits per heavy atom. The Balaban J connectivity index is 1.71. The largest absolute Gasteiger partial charge is 0.296 e. The minimum Gasteiger partial charge on any atom is -0.296 e. The Morgan fingerprint density at radius 1 is 0.964 bits per heavy atom. The number of nitrogens with zero attached hydrogens (tertiary/aromatic N) is 2. The number of amides is 1. The first-order valence-corrected chi connectivity index (χ1v) is 10.8. The zero-order valence-corrected chi connectivity index (χ0v) is 17.3. The minimum atomic E-state index is -3.65. The van der Waals surface area contributed by atoms with Crippen LogP contribution < -0.4 is 10.0 Å². The Labute approximate surface area is 167 Å². The normalized spacial score (nSPS) is 12.0. The highest BCUT2D eigenvalue weighted by atomic mass is 32.2. The number of benzene rings is 2. The molecule has 9 heteroatoms. The van der Waals surface area contributed by atoms with Gasteiger partial charge in [0.05, 0.1) is 4.90 Å². The van der Waals surface area contributed by atoms with E-state index in [1.165, 1.54) is 35.6 Å². The monoisotopic (exact) mass is 416 g/mol. The average Bonchev–Trinajstić information content (AvgIpc) is 3.09. The van der Waals surface area contributed by atoms with Gasteiger partial charge in [-0.15, -0.1) is 10.2 Å². The van der Waals surface area contributed by atoms with Crippen molar-refractivity contribution in [2.75, 3.05) is 5.32 Å². The molecule has 1 amide bonds. The van der Waals surface area contributed by atoms with Crippen LogP contribution in [0.5, 0.6) is 0 Å². The fraction of sp³-hybridized carbons (Fsp3) is 0.211. The highest BCUT2D eigenvalue weighted by Crippen LogP contribution is 2.26. The van der Waals surface area contributed by atoms with Crippen LogP contribution in [0.25, 0.3) is 10.6 Å². The van der Waals surface area contributed by atoms with E-state index in [1.807, 2.05) is 30.3 Å². The van der Waals surface area contributed by atoms with E-state index < -0.39 is 15.6 Å². The number of hydrogen-bond acceptors (Lipinski definition) is 6. The van der Waals surface area contributed by atoms with E-state index in [4.69, 9.17) is 0 Å². The minimum absolute atomic E-state index is 0.0984. The fourth-order valence-electron chi connectivity index (χ4n) is 2.39. The van der Waals surface area contributed by atoms with Crippen LogP contribution in [0, 0.1) is 0 Å². The molecule has 0 bridgehead atoms. The number of rotatable bonds is 5. The molecule has 1 aromatic heterocycles. The lowest BCUT2D eigenvalue weighted by Crippen LogP contribution is -2.40. The van der Waals surface area contributed by atoms with Crippen molar-refractivity contribution >= 4 is 32.4 Å². The number of nitrogens with one attached hydrogen (secondary N) is 2. The number of aromatic nitrogens is 2. The molecule has 0 atom stereocenters. The van der Waals surface area contributed by atoms with E-state index in [9.17, 15) is 13.2 Å². The summed E-state index contributed by atoms with van der Waals surface area (Å²) >= 11 is 1.26. The number of carbonyl (C=O) groups excluding carboxylic acids is 1. The summed E-state index contributed by atoms with van der Waals surface area (Å²) < 4.78 is 27.2. The summed E-state index contributed by atoms with van der Waals surface area (Å²) in [6.45, 7) is 5.29. The average molecular weight is 417 g/mol. The van der Waals surface area contributed by atoms with Crippen LogP contribution in [0.1, 0.15) is 31.1 Å². The molecule has 0 fully saturated rings. The van der Waals surface area contributed by atoms with Crippen molar-refractivity contribution in [2.45, 2.75) is 31.2 Å². The smallest absolute Gasteiger partial charge is 0.257 e. The fourth-order valence-corrected chi connectivity index (χ4v) is 4.55. The van der Waals surface area contributed by atoms with Crippen molar-refractivity contribution in [3.63, 3.8) is 0 Å². The van der Waals surface area contributed by atoms with E-state index in [-0.39, 0.29) is 10.8 Å². The molecule has 0 aliphatic carbocycles. The maximum Gasteiger partial charge on any atom is 0.257 e. The molecular formula is C19H20N4O3S2. The molecule has 0 saturated carbocycles. The van der Waals surface area contributed by atoms with Gasteiger partial charge in [-0.05, 0) is 45.0 Å². The van der Waals surface area contributed by atoms with Gasteiger partial charge in [0.2, 0.25) is 15.2 Å². The summed E-state index contributed by atoms with van der Waals surface area (Å²) in [5.74, 6) is -0.386. The van der Waals surface area contributed by atoms with Crippen molar-refractivity contribution in [3.05, 3.63) is 60.2 Å². The van der Waals surface area contributed by atoms with Crippen LogP contribution in [-0.4, -0.2) is 30.1 Å². The van der Waals surface area contributed by atoms with Crippen molar-refractivity contribution < 1.29 is 13.2 Å². The SMILES string of the molecule is CC(C)(C)NS(=O)(=O)c1ccc(C(=O)Nc2nnc(-c3ccccc3)s2)cc1. The van der Waals surface area contributed by atoms with Gasteiger partial charge >= 0.3 is 0 Å². The van der Waals surface area contributed by atoms with Crippen molar-refractivity contribution in [1.82, 2.24) is 14.9 Å². The first-order valence-electron chi connectivity index (χ1n) is 8.48. The maximum atomic E-state index is 12.4. The van der Waals surface area contributed by atoms with Crippen LogP contribution in [0.2, 0.25) is 0 Å². The summed E-state index contributed by atoms with van der Waals surface area (Å²) in [6.07, 6.45) is 0. The Morgan fingerprint density at radius 3 is 2.21 bits per heavy atom. The van der Waals surface area contributed by atoms with Crippen LogP contribution >= 0.6 is 11.3 Å². The van der Waals surface area contributed by atoms with Crippen LogP contribution in [-0.2, 0) is 10.0 Å². The second-order valence-corrected chi connectivity index (χ2v) is 9.77. The standard InChI is InChI=1S/C19H20N4O3S2/c1-19(2,3)23-28(25,26)15-11-9-13(10-12-15)16(24)20-18-22-21-17(27-18)14-7-5-4-6-8-14/h4-12,23H,1-3H3,(H,20,22,24). The molecule has 7 nitrogen and oxygen atoms in total. The number of sulfonamides is 1. The predicted molar refractivity (Wildman–Crippen MR) is 110 cm³/mol. The maximum absolute atomic E-state index is 12.4. The second-order valence-electron chi connectivity index (χ2n) is 7.11. The molecule has 0 aliphatic rings. The highest BCUT2D eigenvalue weighted by molar-refractivity contribution is 7.89. The number of anilines is 1. The first kappa shape index (κ1) is 20.1. The zero-order chi connectivity index (χ0) is 20.4. The van der Waals surface area contributed by atoms with Gasteiger partial charge in [-0.1, -0.05) is 41.7 Å². The lowest BCUT2D eigenvalue weighted by Gasteiger charge is -2.20. The highest BCUT2D eigenvalue weighted by Gasteiger charge is 2.22. The predicted octanol–water partition coefficient (Wildman–Crippen LogP) is 3.53. The van der Waals surface area contributed by atoms with Gasteiger partial charge < -0.3 is 0 Å². The molecule has 0 spiro atoms. The van der Waals surface area contributed by atoms with Crippen LogP contribution in [0.15, 0.2) is 59.5 Å². The molecule has 146 valence electrons. The Hall–Kier alpha value is -2.62. The van der Waals surface area contributed by atoms with Crippen molar-refractivity contribution in [3.8, 4) is 10.6 Å². The molecule has 2 N–H and O–H groups in total. The third kappa shape index (κ3) is 5.00. The molecule has 3 rings (SSSR count). The van der Waals surface area contributed by atoms with E-state index in [2.05, 4.69) is 20.2 Å². The summed E-state index contributed by atoms with van der Waals surface area (Å²) in [4.78, 5) is 12.5. The second kappa shape index (κ2) is 7.78. The van der Waals surface area contributed by atoms with Gasteiger partial charge in [0.15, 0.2) is 0 Å². The van der Waals surface area contributed by atoms with Gasteiger partial charge in [0.1, 0.15) is 5.01 Å². The topological polar surface area (TPSA) is 101 Å². The van der Waals surface area contributed by atoms with Crippen molar-refractivity contribution in [2.24, 2.45) is 0 Å². The molecule has 0 aliphatic heterocycles. The molecule has 0 radical (unpaired) electrons. The molecular weight excluding hydrogens is 396 g/mol. The number of hydrogen-bond donors (Lipinski definition) is 2. The number of carbonyl (C=O) groups is 1. The molecule has 3 aromatic rings. The summed E-state index contributed by atoms with van der Waals surface area (Å²) in [7, 11) is -3.65. The van der Waals surface area contributed by atoms with E-state index >= 15 is 0 Å². The van der Waals surface area contributed by atoms with Gasteiger partial charge in [-0.3, -0.25) is 10.1 Å². The molecule has 0 unspecified atom stereocenters. The van der Waals surface area contributed by atoms with Gasteiger partial charge in [-0.2, -0.15) is 0 Å². The molecule has 0 saturated heterocycles. The van der Waals surface area contributed by atoms with Crippen LogP contribution in [0.4, 0.5) is 5.13 Å². The quantitative estimate of drug-likeness (QED) is 0.663. The summed E-state index contributed by atoms with van der Waals surface area (Å²) in [5, 5.41) is 11.8. The Bertz CT molecular complexity index is 1070. The van der Waals surface area contributed by atoms with E-state index in [0.717, 1.165) is 5.56 Å². The lowest BCUT2D eigenvalue weighted by atomic mass is 10.1. The van der Waals surface area contributed by atoms with Crippen molar-refractivity contribution in [1.29, 1.82) is 0 Å². The van der Waals surface area contributed by atoms with Gasteiger partial charge in [0.25, 0.3) is 5.91 Å². The molecule has 1 heterocycles. The first-order chi connectivity index (χ1) is 13.1. The molecule has 28 heavy (non-hydrogen) atoms. The van der Waals surface area contributed by atoms with Gasteiger partial charge in [-0.25, -0.2) is 13.1 Å². The summed E-state index contributed by atoms with van der Waals surface area (Å²) in [5.41, 5.74) is 0.649. The third-order valence-electron chi connectivity index (χ3n) is 3.53. The lowest BCUT2D eigenvalue weighted by molar-refractivity contribution is 0.102. The molecule has 2 aromatic carbocycles.